The molecule has 0 saturated heterocycles. The third-order valence-electron chi connectivity index (χ3n) is 13.1. The van der Waals surface area contributed by atoms with Crippen molar-refractivity contribution in [1.29, 1.82) is 0 Å². The predicted octanol–water partition coefficient (Wildman–Crippen LogP) is 14.0. The summed E-state index contributed by atoms with van der Waals surface area (Å²) in [5.41, 5.74) is 18.8. The minimum absolute atomic E-state index is 0.360. The van der Waals surface area contributed by atoms with Gasteiger partial charge < -0.3 is 4.57 Å². The topological polar surface area (TPSA) is 43.6 Å². The SMILES string of the molecule is c1ccc(-c2nc(-c3ccccc3)nc(-c3cccc(-n4c5ccccc5c5ccc(-c6ccc7c(c6)-c6ccccc6C76c7ccccc7-c7ccccc76)cc54)c3)n2)cc1. The summed E-state index contributed by atoms with van der Waals surface area (Å²) < 4.78 is 2.39. The number of para-hydroxylation sites is 1. The highest BCUT2D eigenvalue weighted by atomic mass is 15.0. The summed E-state index contributed by atoms with van der Waals surface area (Å²) in [7, 11) is 0. The van der Waals surface area contributed by atoms with Crippen molar-refractivity contribution in [3.05, 3.63) is 241 Å². The molecule has 2 heterocycles. The maximum atomic E-state index is 5.06. The zero-order valence-corrected chi connectivity index (χ0v) is 33.6. The summed E-state index contributed by atoms with van der Waals surface area (Å²) in [6.45, 7) is 0. The molecule has 9 aromatic carbocycles. The van der Waals surface area contributed by atoms with E-state index in [2.05, 4.69) is 162 Å². The molecule has 0 atom stereocenters. The molecule has 2 aromatic heterocycles. The Hall–Kier alpha value is -8.21. The number of hydrogen-bond acceptors (Lipinski definition) is 3. The first-order valence-corrected chi connectivity index (χ1v) is 21.2. The van der Waals surface area contributed by atoms with E-state index in [9.17, 15) is 0 Å². The van der Waals surface area contributed by atoms with Gasteiger partial charge in [-0.3, -0.25) is 0 Å². The lowest BCUT2D eigenvalue weighted by atomic mass is 9.70. The van der Waals surface area contributed by atoms with E-state index in [0.717, 1.165) is 33.4 Å². The fraction of sp³-hybridized carbons (Fsp3) is 0.0172. The third-order valence-corrected chi connectivity index (χ3v) is 13.1. The molecule has 62 heavy (non-hydrogen) atoms. The molecule has 13 rings (SSSR count). The van der Waals surface area contributed by atoms with E-state index in [1.165, 1.54) is 66.4 Å². The molecular weight excluding hydrogens is 753 g/mol. The molecule has 0 fully saturated rings. The minimum atomic E-state index is -0.360. The first-order valence-electron chi connectivity index (χ1n) is 21.2. The van der Waals surface area contributed by atoms with Crippen LogP contribution in [0.15, 0.2) is 218 Å². The number of rotatable bonds is 5. The lowest BCUT2D eigenvalue weighted by Crippen LogP contribution is -2.25. The molecule has 0 aliphatic heterocycles. The zero-order chi connectivity index (χ0) is 40.8. The van der Waals surface area contributed by atoms with Crippen molar-refractivity contribution in [1.82, 2.24) is 19.5 Å². The molecule has 0 N–H and O–H groups in total. The summed E-state index contributed by atoms with van der Waals surface area (Å²) in [4.78, 5) is 15.1. The second-order valence-corrected chi connectivity index (χ2v) is 16.3. The Morgan fingerprint density at radius 1 is 0.290 bits per heavy atom. The van der Waals surface area contributed by atoms with Crippen LogP contribution < -0.4 is 0 Å². The maximum Gasteiger partial charge on any atom is 0.164 e. The smallest absolute Gasteiger partial charge is 0.164 e. The Labute approximate surface area is 359 Å². The molecule has 0 saturated carbocycles. The van der Waals surface area contributed by atoms with E-state index in [1.807, 2.05) is 60.7 Å². The molecule has 4 nitrogen and oxygen atoms in total. The van der Waals surface area contributed by atoms with Crippen LogP contribution in [-0.4, -0.2) is 19.5 Å². The molecule has 2 aliphatic rings. The van der Waals surface area contributed by atoms with E-state index < -0.39 is 0 Å². The molecule has 11 aromatic rings. The summed E-state index contributed by atoms with van der Waals surface area (Å²) in [5.74, 6) is 1.92. The van der Waals surface area contributed by atoms with Crippen LogP contribution in [-0.2, 0) is 5.41 Å². The van der Waals surface area contributed by atoms with Gasteiger partial charge in [-0.25, -0.2) is 15.0 Å². The van der Waals surface area contributed by atoms with Crippen molar-refractivity contribution in [2.45, 2.75) is 5.41 Å². The standard InChI is InChI=1S/C58H36N4/c1-3-16-37(17-4-1)55-59-56(38-18-5-2-6-19-38)61-57(60-55)41-20-15-21-42(34-41)62-53-29-14-10-25-46(53)47-32-30-40(36-54(47)62)39-31-33-52-48(35-39)45-24-9-13-28-51(45)58(52)49-26-11-7-22-43(49)44-23-8-12-27-50(44)58/h1-36H. The number of aromatic nitrogens is 4. The maximum absolute atomic E-state index is 5.06. The van der Waals surface area contributed by atoms with Crippen molar-refractivity contribution >= 4 is 21.8 Å². The minimum Gasteiger partial charge on any atom is -0.309 e. The molecule has 0 amide bonds. The summed E-state index contributed by atoms with van der Waals surface area (Å²) in [6.07, 6.45) is 0. The molecule has 0 unspecified atom stereocenters. The van der Waals surface area contributed by atoms with E-state index in [-0.39, 0.29) is 5.41 Å². The van der Waals surface area contributed by atoms with Crippen LogP contribution in [0.4, 0.5) is 0 Å². The third kappa shape index (κ3) is 4.98. The van der Waals surface area contributed by atoms with Crippen molar-refractivity contribution in [2.75, 3.05) is 0 Å². The van der Waals surface area contributed by atoms with Gasteiger partial charge in [0, 0.05) is 33.2 Å². The molecule has 0 radical (unpaired) electrons. The highest BCUT2D eigenvalue weighted by molar-refractivity contribution is 6.10. The fourth-order valence-corrected chi connectivity index (χ4v) is 10.4. The quantitative estimate of drug-likeness (QED) is 0.174. The van der Waals surface area contributed by atoms with Gasteiger partial charge in [0.15, 0.2) is 17.5 Å². The average molecular weight is 789 g/mol. The molecule has 4 heteroatoms. The van der Waals surface area contributed by atoms with Crippen LogP contribution >= 0.6 is 0 Å². The highest BCUT2D eigenvalue weighted by Crippen LogP contribution is 2.63. The summed E-state index contributed by atoms with van der Waals surface area (Å²) in [6, 6.07) is 78.7. The number of benzene rings is 9. The van der Waals surface area contributed by atoms with E-state index in [4.69, 9.17) is 15.0 Å². The fourth-order valence-electron chi connectivity index (χ4n) is 10.4. The molecule has 1 spiro atoms. The molecule has 0 bridgehead atoms. The summed E-state index contributed by atoms with van der Waals surface area (Å²) >= 11 is 0. The van der Waals surface area contributed by atoms with Gasteiger partial charge in [0.25, 0.3) is 0 Å². The van der Waals surface area contributed by atoms with Gasteiger partial charge in [-0.2, -0.15) is 0 Å². The Morgan fingerprint density at radius 3 is 1.40 bits per heavy atom. The average Bonchev–Trinajstić information content (AvgIpc) is 3.96. The van der Waals surface area contributed by atoms with E-state index in [0.29, 0.717) is 17.5 Å². The van der Waals surface area contributed by atoms with Gasteiger partial charge >= 0.3 is 0 Å². The number of fused-ring (bicyclic) bond motifs is 13. The molecule has 2 aliphatic carbocycles. The van der Waals surface area contributed by atoms with Gasteiger partial charge in [-0.05, 0) is 86.0 Å². The van der Waals surface area contributed by atoms with E-state index >= 15 is 0 Å². The van der Waals surface area contributed by atoms with Gasteiger partial charge in [0.1, 0.15) is 0 Å². The van der Waals surface area contributed by atoms with Crippen molar-refractivity contribution in [3.63, 3.8) is 0 Å². The molecular formula is C58H36N4. The largest absolute Gasteiger partial charge is 0.309 e. The first kappa shape index (κ1) is 34.6. The summed E-state index contributed by atoms with van der Waals surface area (Å²) in [5, 5.41) is 2.41. The van der Waals surface area contributed by atoms with Gasteiger partial charge in [0.2, 0.25) is 0 Å². The van der Waals surface area contributed by atoms with Crippen molar-refractivity contribution < 1.29 is 0 Å². The number of hydrogen-bond donors (Lipinski definition) is 0. The Kier molecular flexibility index (Phi) is 7.49. The highest BCUT2D eigenvalue weighted by Gasteiger charge is 2.51. The van der Waals surface area contributed by atoms with Gasteiger partial charge in [-0.15, -0.1) is 0 Å². The Balaban J connectivity index is 0.973. The molecule has 288 valence electrons. The lowest BCUT2D eigenvalue weighted by Gasteiger charge is -2.30. The van der Waals surface area contributed by atoms with E-state index in [1.54, 1.807) is 0 Å². The second kappa shape index (κ2) is 13.4. The van der Waals surface area contributed by atoms with Crippen LogP contribution in [0, 0.1) is 0 Å². The van der Waals surface area contributed by atoms with Gasteiger partial charge in [0.05, 0.1) is 16.4 Å². The first-order chi connectivity index (χ1) is 30.7. The predicted molar refractivity (Wildman–Crippen MR) is 252 cm³/mol. The Morgan fingerprint density at radius 2 is 0.758 bits per heavy atom. The number of nitrogens with zero attached hydrogens (tertiary/aromatic N) is 4. The Bertz CT molecular complexity index is 3480. The van der Waals surface area contributed by atoms with Crippen LogP contribution in [0.3, 0.4) is 0 Å². The van der Waals surface area contributed by atoms with Crippen molar-refractivity contribution in [2.24, 2.45) is 0 Å². The van der Waals surface area contributed by atoms with Crippen LogP contribution in [0.5, 0.6) is 0 Å². The lowest BCUT2D eigenvalue weighted by molar-refractivity contribution is 0.794. The van der Waals surface area contributed by atoms with Crippen LogP contribution in [0.25, 0.3) is 95.0 Å². The van der Waals surface area contributed by atoms with Crippen molar-refractivity contribution in [3.8, 4) is 73.2 Å². The monoisotopic (exact) mass is 788 g/mol. The van der Waals surface area contributed by atoms with Crippen LogP contribution in [0.1, 0.15) is 22.3 Å². The zero-order valence-electron chi connectivity index (χ0n) is 33.6. The normalized spacial score (nSPS) is 13.0. The van der Waals surface area contributed by atoms with Crippen LogP contribution in [0.2, 0.25) is 0 Å². The second-order valence-electron chi connectivity index (χ2n) is 16.3. The van der Waals surface area contributed by atoms with Gasteiger partial charge in [-0.1, -0.05) is 188 Å².